The van der Waals surface area contributed by atoms with E-state index in [-0.39, 0.29) is 6.04 Å². The van der Waals surface area contributed by atoms with Crippen molar-refractivity contribution in [3.63, 3.8) is 0 Å². The fraction of sp³-hybridized carbons (Fsp3) is 0.500. The molecule has 0 spiro atoms. The summed E-state index contributed by atoms with van der Waals surface area (Å²) in [7, 11) is 1.66. The Hall–Kier alpha value is -1.10. The van der Waals surface area contributed by atoms with E-state index in [0.29, 0.717) is 13.2 Å². The van der Waals surface area contributed by atoms with E-state index in [0.717, 1.165) is 17.7 Å². The molecular weight excluding hydrogens is 204 g/mol. The van der Waals surface area contributed by atoms with Crippen LogP contribution in [-0.4, -0.2) is 20.3 Å². The summed E-state index contributed by atoms with van der Waals surface area (Å²) in [5, 5.41) is 0. The van der Waals surface area contributed by atoms with E-state index in [4.69, 9.17) is 15.3 Å². The third-order valence-electron chi connectivity index (χ3n) is 2.45. The third kappa shape index (κ3) is 3.48. The van der Waals surface area contributed by atoms with Gasteiger partial charge in [0.15, 0.2) is 0 Å². The molecule has 0 radical (unpaired) electrons. The Kier molecular flexibility index (Phi) is 5.85. The maximum atomic E-state index is 5.64. The molecule has 0 saturated carbocycles. The molecule has 0 aliphatic heterocycles. The second kappa shape index (κ2) is 7.22. The van der Waals surface area contributed by atoms with Gasteiger partial charge in [-0.25, -0.2) is 0 Å². The van der Waals surface area contributed by atoms with Crippen LogP contribution in [0.3, 0.4) is 0 Å². The molecule has 1 unspecified atom stereocenters. The van der Waals surface area contributed by atoms with Crippen molar-refractivity contribution in [2.24, 2.45) is 5.84 Å². The molecule has 0 aliphatic rings. The van der Waals surface area contributed by atoms with Crippen LogP contribution in [0, 0.1) is 0 Å². The molecule has 1 aromatic carbocycles. The number of ether oxygens (including phenoxy) is 2. The number of methoxy groups -OCH3 is 1. The molecule has 0 saturated heterocycles. The Morgan fingerprint density at radius 3 is 2.69 bits per heavy atom. The van der Waals surface area contributed by atoms with Gasteiger partial charge in [0.25, 0.3) is 0 Å². The first-order valence-electron chi connectivity index (χ1n) is 5.50. The Labute approximate surface area is 96.7 Å². The maximum Gasteiger partial charge on any atom is 0.124 e. The number of rotatable bonds is 7. The van der Waals surface area contributed by atoms with Crippen molar-refractivity contribution in [1.82, 2.24) is 5.43 Å². The molecule has 1 rings (SSSR count). The first-order valence-corrected chi connectivity index (χ1v) is 5.50. The summed E-state index contributed by atoms with van der Waals surface area (Å²) >= 11 is 0. The molecule has 1 atom stereocenters. The van der Waals surface area contributed by atoms with Gasteiger partial charge in [-0.05, 0) is 12.5 Å². The van der Waals surface area contributed by atoms with Crippen LogP contribution in [0.4, 0.5) is 0 Å². The van der Waals surface area contributed by atoms with Gasteiger partial charge in [-0.3, -0.25) is 11.3 Å². The summed E-state index contributed by atoms with van der Waals surface area (Å²) in [4.78, 5) is 0. The molecule has 16 heavy (non-hydrogen) atoms. The topological polar surface area (TPSA) is 56.5 Å². The molecule has 4 heteroatoms. The normalized spacial score (nSPS) is 12.4. The largest absolute Gasteiger partial charge is 0.491 e. The highest BCUT2D eigenvalue weighted by Gasteiger charge is 2.12. The lowest BCUT2D eigenvalue weighted by atomic mass is 10.0. The van der Waals surface area contributed by atoms with E-state index in [1.807, 2.05) is 24.3 Å². The second-order valence-electron chi connectivity index (χ2n) is 3.51. The lowest BCUT2D eigenvalue weighted by Gasteiger charge is -2.18. The SMILES string of the molecule is CCC(NN)c1ccccc1OCCOC. The van der Waals surface area contributed by atoms with Gasteiger partial charge in [-0.1, -0.05) is 25.1 Å². The number of hydrazine groups is 1. The Morgan fingerprint density at radius 1 is 1.31 bits per heavy atom. The van der Waals surface area contributed by atoms with Crippen molar-refractivity contribution >= 4 is 0 Å². The second-order valence-corrected chi connectivity index (χ2v) is 3.51. The van der Waals surface area contributed by atoms with Crippen LogP contribution in [0.1, 0.15) is 24.9 Å². The number of nitrogens with two attached hydrogens (primary N) is 1. The van der Waals surface area contributed by atoms with E-state index in [9.17, 15) is 0 Å². The molecule has 0 aromatic heterocycles. The van der Waals surface area contributed by atoms with E-state index < -0.39 is 0 Å². The third-order valence-corrected chi connectivity index (χ3v) is 2.45. The zero-order chi connectivity index (χ0) is 11.8. The highest BCUT2D eigenvalue weighted by atomic mass is 16.5. The molecule has 0 bridgehead atoms. The van der Waals surface area contributed by atoms with Crippen molar-refractivity contribution in [2.45, 2.75) is 19.4 Å². The van der Waals surface area contributed by atoms with E-state index >= 15 is 0 Å². The first-order chi connectivity index (χ1) is 7.83. The van der Waals surface area contributed by atoms with Gasteiger partial charge in [0.2, 0.25) is 0 Å². The van der Waals surface area contributed by atoms with Crippen molar-refractivity contribution < 1.29 is 9.47 Å². The summed E-state index contributed by atoms with van der Waals surface area (Å²) in [6, 6.07) is 8.04. The van der Waals surface area contributed by atoms with Crippen LogP contribution in [0.2, 0.25) is 0 Å². The summed E-state index contributed by atoms with van der Waals surface area (Å²) in [6.07, 6.45) is 0.918. The zero-order valence-corrected chi connectivity index (χ0v) is 9.90. The molecule has 0 aliphatic carbocycles. The number of benzene rings is 1. The summed E-state index contributed by atoms with van der Waals surface area (Å²) in [6.45, 7) is 3.21. The quantitative estimate of drug-likeness (QED) is 0.420. The monoisotopic (exact) mass is 224 g/mol. The molecule has 1 aromatic rings. The van der Waals surface area contributed by atoms with Gasteiger partial charge < -0.3 is 9.47 Å². The van der Waals surface area contributed by atoms with Crippen molar-refractivity contribution in [3.8, 4) is 5.75 Å². The summed E-state index contributed by atoms with van der Waals surface area (Å²) in [5.41, 5.74) is 3.87. The van der Waals surface area contributed by atoms with Crippen LogP contribution >= 0.6 is 0 Å². The van der Waals surface area contributed by atoms with Crippen LogP contribution in [0.5, 0.6) is 5.75 Å². The minimum Gasteiger partial charge on any atom is -0.491 e. The van der Waals surface area contributed by atoms with Gasteiger partial charge in [-0.15, -0.1) is 0 Å². The van der Waals surface area contributed by atoms with Crippen molar-refractivity contribution in [2.75, 3.05) is 20.3 Å². The van der Waals surface area contributed by atoms with Gasteiger partial charge in [-0.2, -0.15) is 0 Å². The lowest BCUT2D eigenvalue weighted by molar-refractivity contribution is 0.145. The Morgan fingerprint density at radius 2 is 2.06 bits per heavy atom. The van der Waals surface area contributed by atoms with Gasteiger partial charge >= 0.3 is 0 Å². The highest BCUT2D eigenvalue weighted by molar-refractivity contribution is 5.35. The summed E-state index contributed by atoms with van der Waals surface area (Å²) < 4.78 is 10.6. The number of para-hydroxylation sites is 1. The minimum absolute atomic E-state index is 0.124. The highest BCUT2D eigenvalue weighted by Crippen LogP contribution is 2.26. The number of hydrogen-bond acceptors (Lipinski definition) is 4. The van der Waals surface area contributed by atoms with E-state index in [1.54, 1.807) is 7.11 Å². The maximum absolute atomic E-state index is 5.64. The molecular formula is C12H20N2O2. The van der Waals surface area contributed by atoms with E-state index in [2.05, 4.69) is 12.3 Å². The molecule has 0 amide bonds. The smallest absolute Gasteiger partial charge is 0.124 e. The Bertz CT molecular complexity index is 301. The number of nitrogens with one attached hydrogen (secondary N) is 1. The molecule has 4 nitrogen and oxygen atoms in total. The molecule has 0 heterocycles. The fourth-order valence-electron chi connectivity index (χ4n) is 1.56. The predicted octanol–water partition coefficient (Wildman–Crippen LogP) is 1.63. The standard InChI is InChI=1S/C12H20N2O2/c1-3-11(14-13)10-6-4-5-7-12(10)16-9-8-15-2/h4-7,11,14H,3,8-9,13H2,1-2H3. The molecule has 90 valence electrons. The van der Waals surface area contributed by atoms with Crippen LogP contribution < -0.4 is 16.0 Å². The minimum atomic E-state index is 0.124. The van der Waals surface area contributed by atoms with Crippen LogP contribution in [0.15, 0.2) is 24.3 Å². The first kappa shape index (κ1) is 13.0. The van der Waals surface area contributed by atoms with Gasteiger partial charge in [0, 0.05) is 18.7 Å². The van der Waals surface area contributed by atoms with Crippen molar-refractivity contribution in [1.29, 1.82) is 0 Å². The molecule has 3 N–H and O–H groups in total. The summed E-state index contributed by atoms with van der Waals surface area (Å²) in [5.74, 6) is 6.37. The number of hydrogen-bond donors (Lipinski definition) is 2. The van der Waals surface area contributed by atoms with Crippen molar-refractivity contribution in [3.05, 3.63) is 29.8 Å². The zero-order valence-electron chi connectivity index (χ0n) is 9.90. The van der Waals surface area contributed by atoms with Gasteiger partial charge in [0.1, 0.15) is 12.4 Å². The average Bonchev–Trinajstić information content (AvgIpc) is 2.33. The fourth-order valence-corrected chi connectivity index (χ4v) is 1.56. The van der Waals surface area contributed by atoms with Crippen LogP contribution in [0.25, 0.3) is 0 Å². The molecule has 0 fully saturated rings. The lowest BCUT2D eigenvalue weighted by Crippen LogP contribution is -2.27. The van der Waals surface area contributed by atoms with E-state index in [1.165, 1.54) is 0 Å². The van der Waals surface area contributed by atoms with Crippen LogP contribution in [-0.2, 0) is 4.74 Å². The Balaban J connectivity index is 2.74. The van der Waals surface area contributed by atoms with Gasteiger partial charge in [0.05, 0.1) is 6.61 Å². The predicted molar refractivity (Wildman–Crippen MR) is 64.2 cm³/mol. The average molecular weight is 224 g/mol.